The van der Waals surface area contributed by atoms with Crippen LogP contribution in [0.2, 0.25) is 0 Å². The fraction of sp³-hybridized carbons (Fsp3) is 0.211. The largest absolute Gasteiger partial charge is 0.389 e. The van der Waals surface area contributed by atoms with E-state index in [1.807, 2.05) is 13.0 Å². The normalized spacial score (nSPS) is 13.3. The molecule has 0 aliphatic rings. The molecule has 0 saturated carbocycles. The van der Waals surface area contributed by atoms with Crippen LogP contribution in [0.25, 0.3) is 11.4 Å². The molecule has 0 radical (unpaired) electrons. The van der Waals surface area contributed by atoms with Crippen molar-refractivity contribution in [2.24, 2.45) is 5.73 Å². The number of primary amides is 1. The summed E-state index contributed by atoms with van der Waals surface area (Å²) < 4.78 is 27.8. The van der Waals surface area contributed by atoms with Crippen LogP contribution in [0, 0.1) is 0 Å². The Balaban J connectivity index is 2.76. The van der Waals surface area contributed by atoms with E-state index in [0.717, 1.165) is 10.7 Å². The number of aromatic nitrogens is 3. The molecule has 0 spiro atoms. The lowest BCUT2D eigenvalue weighted by molar-refractivity contribution is 0.0995. The molecule has 2 aromatic rings. The Bertz CT molecular complexity index is 914. The zero-order chi connectivity index (χ0) is 20.1. The lowest BCUT2D eigenvalue weighted by Gasteiger charge is -2.15. The van der Waals surface area contributed by atoms with Crippen LogP contribution in [0.3, 0.4) is 0 Å². The third kappa shape index (κ3) is 4.35. The molecule has 2 heterocycles. The van der Waals surface area contributed by atoms with Gasteiger partial charge >= 0.3 is 0 Å². The van der Waals surface area contributed by atoms with Gasteiger partial charge in [0.2, 0.25) is 0 Å². The Morgan fingerprint density at radius 3 is 2.59 bits per heavy atom. The molecule has 0 aromatic carbocycles. The molecule has 0 fully saturated rings. The van der Waals surface area contributed by atoms with Gasteiger partial charge in [0.15, 0.2) is 11.5 Å². The van der Waals surface area contributed by atoms with Crippen LogP contribution in [-0.4, -0.2) is 25.8 Å². The number of rotatable bonds is 7. The number of amides is 1. The molecule has 0 aliphatic carbocycles. The fourth-order valence-corrected chi connectivity index (χ4v) is 2.41. The van der Waals surface area contributed by atoms with Gasteiger partial charge in [0, 0.05) is 5.56 Å². The molecule has 1 atom stereocenters. The maximum absolute atomic E-state index is 13.5. The Morgan fingerprint density at radius 1 is 1.37 bits per heavy atom. The predicted molar refractivity (Wildman–Crippen MR) is 98.5 cm³/mol. The first-order valence-electron chi connectivity index (χ1n) is 8.13. The van der Waals surface area contributed by atoms with Crippen LogP contribution in [0.4, 0.5) is 8.78 Å². The van der Waals surface area contributed by atoms with Crippen LogP contribution in [-0.2, 0) is 0 Å². The van der Waals surface area contributed by atoms with Crippen molar-refractivity contribution in [2.75, 3.05) is 0 Å². The molecule has 2 rings (SSSR count). The molecule has 1 unspecified atom stereocenters. The summed E-state index contributed by atoms with van der Waals surface area (Å²) in [7, 11) is 0. The van der Waals surface area contributed by atoms with E-state index < -0.39 is 24.1 Å². The molecular formula is C19H20F2N4O2. The van der Waals surface area contributed by atoms with Gasteiger partial charge in [-0.05, 0) is 31.6 Å². The molecule has 27 heavy (non-hydrogen) atoms. The number of nitrogens with zero attached hydrogens (tertiary/aromatic N) is 3. The molecule has 1 amide bonds. The second-order valence-electron chi connectivity index (χ2n) is 5.67. The number of halogens is 2. The molecule has 8 heteroatoms. The number of pyridine rings is 1. The van der Waals surface area contributed by atoms with Crippen molar-refractivity contribution >= 4 is 11.5 Å². The number of alkyl halides is 2. The van der Waals surface area contributed by atoms with Gasteiger partial charge in [-0.2, -0.15) is 5.10 Å². The van der Waals surface area contributed by atoms with Gasteiger partial charge in [-0.3, -0.25) is 4.79 Å². The third-order valence-electron chi connectivity index (χ3n) is 3.75. The zero-order valence-corrected chi connectivity index (χ0v) is 14.9. The average molecular weight is 374 g/mol. The van der Waals surface area contributed by atoms with Gasteiger partial charge in [0.1, 0.15) is 5.69 Å². The summed E-state index contributed by atoms with van der Waals surface area (Å²) in [6, 6.07) is 4.12. The van der Waals surface area contributed by atoms with E-state index in [-0.39, 0.29) is 17.1 Å². The summed E-state index contributed by atoms with van der Waals surface area (Å²) in [5, 5.41) is 13.9. The van der Waals surface area contributed by atoms with E-state index in [9.17, 15) is 18.7 Å². The second-order valence-corrected chi connectivity index (χ2v) is 5.67. The number of carbonyl (C=O) groups excluding carboxylic acids is 1. The standard InChI is InChI=1S/C19H20F2N4O2/c1-4-6-7-12(5-2)14-9-8-13(11(3)26)19(23-14)25-16(17(20)21)10-15(24-25)18(22)27/h4-11,17,26H,2H2,1,3H3,(H2,22,27)/b6-4-,12-7-. The van der Waals surface area contributed by atoms with E-state index in [1.165, 1.54) is 6.92 Å². The van der Waals surface area contributed by atoms with Crippen LogP contribution in [0.15, 0.2) is 49.1 Å². The Labute approximate surface area is 155 Å². The summed E-state index contributed by atoms with van der Waals surface area (Å²) in [5.41, 5.74) is 5.66. The summed E-state index contributed by atoms with van der Waals surface area (Å²) in [5.74, 6) is -0.955. The van der Waals surface area contributed by atoms with Crippen molar-refractivity contribution in [1.29, 1.82) is 0 Å². The first kappa shape index (κ1) is 20.2. The number of carbonyl (C=O) groups is 1. The number of hydrogen-bond donors (Lipinski definition) is 2. The van der Waals surface area contributed by atoms with Crippen LogP contribution >= 0.6 is 0 Å². The van der Waals surface area contributed by atoms with E-state index in [4.69, 9.17) is 5.73 Å². The van der Waals surface area contributed by atoms with E-state index in [2.05, 4.69) is 16.7 Å². The Hall–Kier alpha value is -3.13. The van der Waals surface area contributed by atoms with Crippen molar-refractivity contribution < 1.29 is 18.7 Å². The molecule has 0 bridgehead atoms. The van der Waals surface area contributed by atoms with Crippen LogP contribution in [0.1, 0.15) is 53.8 Å². The van der Waals surface area contributed by atoms with Gasteiger partial charge in [-0.25, -0.2) is 18.4 Å². The van der Waals surface area contributed by atoms with Crippen LogP contribution in [0.5, 0.6) is 0 Å². The third-order valence-corrected chi connectivity index (χ3v) is 3.75. The lowest BCUT2D eigenvalue weighted by atomic mass is 10.1. The Morgan fingerprint density at radius 2 is 2.07 bits per heavy atom. The minimum absolute atomic E-state index is 0.0153. The molecule has 142 valence electrons. The fourth-order valence-electron chi connectivity index (χ4n) is 2.41. The maximum atomic E-state index is 13.5. The maximum Gasteiger partial charge on any atom is 0.280 e. The van der Waals surface area contributed by atoms with E-state index in [1.54, 1.807) is 30.4 Å². The van der Waals surface area contributed by atoms with Gasteiger partial charge in [-0.15, -0.1) is 0 Å². The highest BCUT2D eigenvalue weighted by atomic mass is 19.3. The quantitative estimate of drug-likeness (QED) is 0.725. The van der Waals surface area contributed by atoms with Crippen molar-refractivity contribution in [2.45, 2.75) is 26.4 Å². The molecule has 0 saturated heterocycles. The van der Waals surface area contributed by atoms with Crippen molar-refractivity contribution in [3.63, 3.8) is 0 Å². The molecule has 0 aliphatic heterocycles. The highest BCUT2D eigenvalue weighted by Gasteiger charge is 2.24. The molecule has 2 aromatic heterocycles. The van der Waals surface area contributed by atoms with Crippen molar-refractivity contribution in [3.8, 4) is 5.82 Å². The smallest absolute Gasteiger partial charge is 0.280 e. The van der Waals surface area contributed by atoms with E-state index in [0.29, 0.717) is 11.3 Å². The number of aliphatic hydroxyl groups excluding tert-OH is 1. The summed E-state index contributed by atoms with van der Waals surface area (Å²) in [4.78, 5) is 15.8. The first-order chi connectivity index (χ1) is 12.8. The van der Waals surface area contributed by atoms with Gasteiger partial charge in [0.05, 0.1) is 11.8 Å². The number of allylic oxidation sites excluding steroid dienone is 5. The SMILES string of the molecule is C=C/C(=C/C=C\C)c1ccc(C(C)O)c(-n2nc(C(N)=O)cc2C(F)F)n1. The number of aliphatic hydroxyl groups is 1. The van der Waals surface area contributed by atoms with E-state index >= 15 is 0 Å². The monoisotopic (exact) mass is 374 g/mol. The van der Waals surface area contributed by atoms with Crippen molar-refractivity contribution in [1.82, 2.24) is 14.8 Å². The summed E-state index contributed by atoms with van der Waals surface area (Å²) >= 11 is 0. The highest BCUT2D eigenvalue weighted by Crippen LogP contribution is 2.28. The number of hydrogen-bond acceptors (Lipinski definition) is 4. The first-order valence-corrected chi connectivity index (χ1v) is 8.13. The van der Waals surface area contributed by atoms with Gasteiger partial charge in [0.25, 0.3) is 12.3 Å². The molecular weight excluding hydrogens is 354 g/mol. The number of nitrogens with two attached hydrogens (primary N) is 1. The predicted octanol–water partition coefficient (Wildman–Crippen LogP) is 3.50. The molecule has 3 N–H and O–H groups in total. The van der Waals surface area contributed by atoms with Crippen LogP contribution < -0.4 is 5.73 Å². The topological polar surface area (TPSA) is 94.0 Å². The van der Waals surface area contributed by atoms with Crippen molar-refractivity contribution in [3.05, 3.63) is 71.7 Å². The Kier molecular flexibility index (Phi) is 6.36. The highest BCUT2D eigenvalue weighted by molar-refractivity contribution is 5.91. The minimum Gasteiger partial charge on any atom is -0.389 e. The second kappa shape index (κ2) is 8.50. The average Bonchev–Trinajstić information content (AvgIpc) is 3.08. The molecule has 6 nitrogen and oxygen atoms in total. The summed E-state index contributed by atoms with van der Waals surface area (Å²) in [6.07, 6.45) is 3.00. The van der Waals surface area contributed by atoms with Gasteiger partial charge < -0.3 is 10.8 Å². The zero-order valence-electron chi connectivity index (χ0n) is 14.9. The minimum atomic E-state index is -2.92. The lowest BCUT2D eigenvalue weighted by Crippen LogP contribution is -2.14. The summed E-state index contributed by atoms with van der Waals surface area (Å²) in [6.45, 7) is 7.05. The van der Waals surface area contributed by atoms with Gasteiger partial charge in [-0.1, -0.05) is 36.9 Å².